The van der Waals surface area contributed by atoms with Gasteiger partial charge in [-0.1, -0.05) is 6.08 Å². The van der Waals surface area contributed by atoms with Gasteiger partial charge in [-0.15, -0.1) is 0 Å². The maximum atomic E-state index is 13.2. The lowest BCUT2D eigenvalue weighted by molar-refractivity contribution is -0.341. The maximum absolute atomic E-state index is 13.2. The van der Waals surface area contributed by atoms with E-state index >= 15 is 0 Å². The Morgan fingerprint density at radius 2 is 1.17 bits per heavy atom. The van der Waals surface area contributed by atoms with Crippen LogP contribution in [0.5, 0.6) is 0 Å². The molecule has 0 aliphatic rings. The van der Waals surface area contributed by atoms with E-state index in [-0.39, 0.29) is 19.8 Å². The molecule has 0 rings (SSSR count). The summed E-state index contributed by atoms with van der Waals surface area (Å²) in [5.74, 6) is -11.6. The fourth-order valence-corrected chi connectivity index (χ4v) is 3.94. The standard InChI is InChI=1S/C12H19F7O3Si/c1-4-20-23(21-5-2,22-6-3)9-7-8-10(13,14)11(15,16)12(17,18)19/h7-8H,4-6,9H2,1-3H3/b8-7+. The summed E-state index contributed by atoms with van der Waals surface area (Å²) >= 11 is 0. The number of alkyl halides is 7. The van der Waals surface area contributed by atoms with Crippen LogP contribution >= 0.6 is 0 Å². The molecule has 0 saturated carbocycles. The van der Waals surface area contributed by atoms with Crippen LogP contribution in [0.15, 0.2) is 12.2 Å². The van der Waals surface area contributed by atoms with E-state index in [0.29, 0.717) is 6.08 Å². The zero-order valence-corrected chi connectivity index (χ0v) is 13.9. The Morgan fingerprint density at radius 1 is 0.783 bits per heavy atom. The van der Waals surface area contributed by atoms with Gasteiger partial charge in [-0.25, -0.2) is 0 Å². The van der Waals surface area contributed by atoms with Crippen LogP contribution in [-0.2, 0) is 13.3 Å². The molecule has 0 atom stereocenters. The molecule has 0 spiro atoms. The van der Waals surface area contributed by atoms with Crippen LogP contribution in [0.2, 0.25) is 6.04 Å². The van der Waals surface area contributed by atoms with Gasteiger partial charge in [0, 0.05) is 25.9 Å². The molecule has 0 aromatic heterocycles. The van der Waals surface area contributed by atoms with Gasteiger partial charge in [0.15, 0.2) is 0 Å². The van der Waals surface area contributed by atoms with Crippen LogP contribution in [0.4, 0.5) is 30.7 Å². The monoisotopic (exact) mass is 372 g/mol. The molecule has 0 aromatic rings. The zero-order valence-electron chi connectivity index (χ0n) is 12.9. The lowest BCUT2D eigenvalue weighted by Gasteiger charge is -2.28. The van der Waals surface area contributed by atoms with Crippen molar-refractivity contribution in [3.63, 3.8) is 0 Å². The molecule has 0 aliphatic carbocycles. The largest absolute Gasteiger partial charge is 0.504 e. The van der Waals surface area contributed by atoms with E-state index in [9.17, 15) is 30.7 Å². The van der Waals surface area contributed by atoms with Gasteiger partial charge < -0.3 is 13.3 Å². The van der Waals surface area contributed by atoms with E-state index < -0.39 is 38.9 Å². The molecule has 0 radical (unpaired) electrons. The summed E-state index contributed by atoms with van der Waals surface area (Å²) in [5, 5.41) is 0. The second kappa shape index (κ2) is 8.45. The Labute approximate surface area is 130 Å². The molecule has 0 aromatic carbocycles. The first kappa shape index (κ1) is 22.3. The number of hydrogen-bond donors (Lipinski definition) is 0. The molecule has 0 saturated heterocycles. The van der Waals surface area contributed by atoms with Crippen LogP contribution in [0.1, 0.15) is 20.8 Å². The minimum absolute atomic E-state index is 0.106. The van der Waals surface area contributed by atoms with E-state index in [0.717, 1.165) is 0 Å². The highest BCUT2D eigenvalue weighted by Gasteiger charge is 2.71. The van der Waals surface area contributed by atoms with Crippen LogP contribution in [0.25, 0.3) is 0 Å². The minimum atomic E-state index is -6.37. The normalized spacial score (nSPS) is 14.7. The summed E-state index contributed by atoms with van der Waals surface area (Å²) < 4.78 is 104. The lowest BCUT2D eigenvalue weighted by Crippen LogP contribution is -2.51. The summed E-state index contributed by atoms with van der Waals surface area (Å²) in [6.07, 6.45) is -6.37. The van der Waals surface area contributed by atoms with Gasteiger partial charge >= 0.3 is 26.8 Å². The molecule has 138 valence electrons. The van der Waals surface area contributed by atoms with Gasteiger partial charge in [-0.2, -0.15) is 30.7 Å². The zero-order chi connectivity index (χ0) is 18.4. The second-order valence-electron chi connectivity index (χ2n) is 4.28. The van der Waals surface area contributed by atoms with Crippen molar-refractivity contribution in [2.75, 3.05) is 19.8 Å². The van der Waals surface area contributed by atoms with Gasteiger partial charge in [-0.3, -0.25) is 0 Å². The fraction of sp³-hybridized carbons (Fsp3) is 0.833. The third-order valence-electron chi connectivity index (χ3n) is 2.56. The van der Waals surface area contributed by atoms with E-state index in [1.165, 1.54) is 0 Å². The number of rotatable bonds is 10. The summed E-state index contributed by atoms with van der Waals surface area (Å²) in [7, 11) is -3.45. The van der Waals surface area contributed by atoms with E-state index in [1.807, 2.05) is 0 Å². The quantitative estimate of drug-likeness (QED) is 0.323. The summed E-state index contributed by atoms with van der Waals surface area (Å²) in [5.41, 5.74) is 0. The molecule has 3 nitrogen and oxygen atoms in total. The maximum Gasteiger partial charge on any atom is 0.504 e. The molecule has 0 unspecified atom stereocenters. The molecular weight excluding hydrogens is 353 g/mol. The van der Waals surface area contributed by atoms with Crippen LogP contribution in [-0.4, -0.2) is 46.6 Å². The Hall–Kier alpha value is -0.653. The molecule has 23 heavy (non-hydrogen) atoms. The molecule has 0 N–H and O–H groups in total. The number of halogens is 7. The molecular formula is C12H19F7O3Si. The van der Waals surface area contributed by atoms with Crippen molar-refractivity contribution in [1.29, 1.82) is 0 Å². The van der Waals surface area contributed by atoms with Crippen molar-refractivity contribution in [3.05, 3.63) is 12.2 Å². The molecule has 0 heterocycles. The van der Waals surface area contributed by atoms with Crippen LogP contribution in [0, 0.1) is 0 Å². The number of hydrogen-bond acceptors (Lipinski definition) is 3. The van der Waals surface area contributed by atoms with E-state index in [1.54, 1.807) is 20.8 Å². The topological polar surface area (TPSA) is 27.7 Å². The van der Waals surface area contributed by atoms with Crippen molar-refractivity contribution in [2.45, 2.75) is 44.8 Å². The number of allylic oxidation sites excluding steroid dienone is 2. The Bertz CT molecular complexity index is 368. The Balaban J connectivity index is 5.24. The highest BCUT2D eigenvalue weighted by Crippen LogP contribution is 2.47. The smallest absolute Gasteiger partial charge is 0.374 e. The average Bonchev–Trinajstić information content (AvgIpc) is 2.37. The van der Waals surface area contributed by atoms with Gasteiger partial charge in [0.05, 0.1) is 0 Å². The molecule has 0 amide bonds. The predicted molar refractivity (Wildman–Crippen MR) is 70.5 cm³/mol. The molecule has 0 fully saturated rings. The first-order valence-electron chi connectivity index (χ1n) is 6.81. The first-order valence-corrected chi connectivity index (χ1v) is 8.74. The van der Waals surface area contributed by atoms with Gasteiger partial charge in [0.1, 0.15) is 0 Å². The van der Waals surface area contributed by atoms with Crippen molar-refractivity contribution in [3.8, 4) is 0 Å². The summed E-state index contributed by atoms with van der Waals surface area (Å²) in [6.45, 7) is 5.06. The Kier molecular flexibility index (Phi) is 8.21. The minimum Gasteiger partial charge on any atom is -0.374 e. The predicted octanol–water partition coefficient (Wildman–Crippen LogP) is 4.42. The van der Waals surface area contributed by atoms with Gasteiger partial charge in [-0.05, 0) is 26.8 Å². The lowest BCUT2D eigenvalue weighted by atomic mass is 10.1. The summed E-state index contributed by atoms with van der Waals surface area (Å²) in [4.78, 5) is 0. The third-order valence-corrected chi connectivity index (χ3v) is 5.48. The molecule has 0 bridgehead atoms. The van der Waals surface area contributed by atoms with Crippen LogP contribution < -0.4 is 0 Å². The average molecular weight is 372 g/mol. The Morgan fingerprint density at radius 3 is 1.48 bits per heavy atom. The second-order valence-corrected chi connectivity index (χ2v) is 6.92. The highest BCUT2D eigenvalue weighted by molar-refractivity contribution is 6.61. The first-order chi connectivity index (χ1) is 10.4. The molecule has 0 aliphatic heterocycles. The van der Waals surface area contributed by atoms with E-state index in [4.69, 9.17) is 13.3 Å². The third kappa shape index (κ3) is 5.73. The highest BCUT2D eigenvalue weighted by atomic mass is 28.4. The summed E-state index contributed by atoms with van der Waals surface area (Å²) in [6, 6.07) is -0.452. The fourth-order valence-electron chi connectivity index (χ4n) is 1.61. The van der Waals surface area contributed by atoms with Gasteiger partial charge in [0.25, 0.3) is 0 Å². The van der Waals surface area contributed by atoms with Crippen molar-refractivity contribution >= 4 is 8.80 Å². The SMILES string of the molecule is CCO[Si](C/C=C/C(F)(F)C(F)(F)C(F)(F)F)(OCC)OCC. The van der Waals surface area contributed by atoms with Crippen molar-refractivity contribution in [1.82, 2.24) is 0 Å². The van der Waals surface area contributed by atoms with E-state index in [2.05, 4.69) is 0 Å². The molecule has 11 heteroatoms. The van der Waals surface area contributed by atoms with Crippen molar-refractivity contribution < 1.29 is 44.0 Å². The van der Waals surface area contributed by atoms with Gasteiger partial charge in [0.2, 0.25) is 0 Å². The van der Waals surface area contributed by atoms with Crippen LogP contribution in [0.3, 0.4) is 0 Å². The van der Waals surface area contributed by atoms with Crippen molar-refractivity contribution in [2.24, 2.45) is 0 Å².